The fourth-order valence-electron chi connectivity index (χ4n) is 4.68. The van der Waals surface area contributed by atoms with Gasteiger partial charge in [-0.15, -0.1) is 0 Å². The van der Waals surface area contributed by atoms with Crippen LogP contribution in [0.1, 0.15) is 45.4 Å². The Morgan fingerprint density at radius 1 is 0.846 bits per heavy atom. The molecule has 2 heterocycles. The van der Waals surface area contributed by atoms with E-state index in [1.807, 2.05) is 0 Å². The number of ketones is 2. The van der Waals surface area contributed by atoms with Gasteiger partial charge in [0.25, 0.3) is 0 Å². The smallest absolute Gasteiger partial charge is 0.230 e. The summed E-state index contributed by atoms with van der Waals surface area (Å²) in [5, 5.41) is 6.98. The van der Waals surface area contributed by atoms with Crippen LogP contribution in [-0.4, -0.2) is 48.5 Å². The largest absolute Gasteiger partial charge is 0.339 e. The number of aromatic nitrogens is 2. The van der Waals surface area contributed by atoms with Crippen molar-refractivity contribution in [1.82, 2.24) is 15.5 Å². The summed E-state index contributed by atoms with van der Waals surface area (Å²) in [6.45, 7) is 0. The third-order valence-electron chi connectivity index (χ3n) is 6.69. The summed E-state index contributed by atoms with van der Waals surface area (Å²) in [6, 6.07) is 15.1. The number of nitrogens with zero attached hydrogens (tertiary/aromatic N) is 2. The highest BCUT2D eigenvalue weighted by molar-refractivity contribution is 7.90. The van der Waals surface area contributed by atoms with Crippen LogP contribution in [0, 0.1) is 11.6 Å². The third kappa shape index (κ3) is 5.55. The van der Waals surface area contributed by atoms with Crippen molar-refractivity contribution in [3.8, 4) is 11.4 Å². The minimum absolute atomic E-state index is 0.128. The lowest BCUT2D eigenvalue weighted by molar-refractivity contribution is 0.0826. The van der Waals surface area contributed by atoms with E-state index in [4.69, 9.17) is 4.52 Å². The van der Waals surface area contributed by atoms with E-state index >= 15 is 0 Å². The van der Waals surface area contributed by atoms with Crippen LogP contribution in [0.2, 0.25) is 0 Å². The molecule has 1 aliphatic rings. The Balaban J connectivity index is 1.46. The second kappa shape index (κ2) is 10.6. The molecule has 0 aliphatic carbocycles. The molecule has 200 valence electrons. The molecule has 5 rings (SSSR count). The van der Waals surface area contributed by atoms with Gasteiger partial charge in [-0.25, -0.2) is 17.2 Å². The number of piperidine rings is 1. The van der Waals surface area contributed by atoms with Crippen molar-refractivity contribution in [3.05, 3.63) is 101 Å². The van der Waals surface area contributed by atoms with Gasteiger partial charge in [0, 0.05) is 17.7 Å². The first-order chi connectivity index (χ1) is 18.6. The van der Waals surface area contributed by atoms with Gasteiger partial charge in [0.1, 0.15) is 11.6 Å². The van der Waals surface area contributed by atoms with E-state index < -0.39 is 51.0 Å². The summed E-state index contributed by atoms with van der Waals surface area (Å²) in [7, 11) is -3.38. The Labute approximate surface area is 223 Å². The summed E-state index contributed by atoms with van der Waals surface area (Å²) >= 11 is 0. The van der Waals surface area contributed by atoms with E-state index in [2.05, 4.69) is 15.5 Å². The number of halogens is 2. The Hall–Kier alpha value is -4.09. The molecule has 0 bridgehead atoms. The maximum Gasteiger partial charge on any atom is 0.230 e. The summed E-state index contributed by atoms with van der Waals surface area (Å²) in [4.78, 5) is 31.2. The van der Waals surface area contributed by atoms with E-state index in [1.165, 1.54) is 60.7 Å². The number of carbonyl (C=O) groups excluding carboxylic acids is 2. The monoisotopic (exact) mass is 551 g/mol. The molecule has 2 unspecified atom stereocenters. The molecular weight excluding hydrogens is 528 g/mol. The lowest BCUT2D eigenvalue weighted by atomic mass is 9.82. The van der Waals surface area contributed by atoms with Gasteiger partial charge in [-0.2, -0.15) is 4.98 Å². The second-order valence-corrected chi connectivity index (χ2v) is 11.4. The van der Waals surface area contributed by atoms with Crippen molar-refractivity contribution in [2.24, 2.45) is 0 Å². The first kappa shape index (κ1) is 26.5. The van der Waals surface area contributed by atoms with Gasteiger partial charge in [0.05, 0.1) is 28.1 Å². The molecule has 8 nitrogen and oxygen atoms in total. The molecule has 0 saturated carbocycles. The molecule has 0 radical (unpaired) electrons. The van der Waals surface area contributed by atoms with Crippen LogP contribution < -0.4 is 5.32 Å². The van der Waals surface area contributed by atoms with Gasteiger partial charge in [0.15, 0.2) is 21.4 Å². The number of rotatable bonds is 7. The molecule has 0 spiro atoms. The highest BCUT2D eigenvalue weighted by atomic mass is 32.2. The van der Waals surface area contributed by atoms with E-state index in [9.17, 15) is 26.8 Å². The van der Waals surface area contributed by atoms with Gasteiger partial charge in [-0.3, -0.25) is 14.9 Å². The highest BCUT2D eigenvalue weighted by Crippen LogP contribution is 2.33. The lowest BCUT2D eigenvalue weighted by Gasteiger charge is -2.33. The van der Waals surface area contributed by atoms with Gasteiger partial charge in [-0.1, -0.05) is 29.4 Å². The standard InChI is InChI=1S/C28H23F2N3O5S/c1-39(36,37)18-12-10-16(11-13-18)27-32-28(38-33-27)17-14-23(25(34)19-6-2-4-8-21(19)29)31-24(15-17)26(35)20-7-3-5-9-22(20)30/h2-13,17,23-24,31H,14-15H2,1H3. The van der Waals surface area contributed by atoms with Crippen molar-refractivity contribution in [3.63, 3.8) is 0 Å². The normalized spacial score (nSPS) is 19.5. The van der Waals surface area contributed by atoms with Crippen molar-refractivity contribution >= 4 is 21.4 Å². The Kier molecular flexibility index (Phi) is 7.19. The Morgan fingerprint density at radius 2 is 1.36 bits per heavy atom. The van der Waals surface area contributed by atoms with Crippen molar-refractivity contribution in [2.75, 3.05) is 6.26 Å². The van der Waals surface area contributed by atoms with E-state index in [0.29, 0.717) is 5.56 Å². The van der Waals surface area contributed by atoms with Crippen molar-refractivity contribution in [1.29, 1.82) is 0 Å². The molecule has 1 aliphatic heterocycles. The zero-order valence-corrected chi connectivity index (χ0v) is 21.5. The highest BCUT2D eigenvalue weighted by Gasteiger charge is 2.40. The molecule has 1 N–H and O–H groups in total. The van der Waals surface area contributed by atoms with E-state index in [-0.39, 0.29) is 40.6 Å². The summed E-state index contributed by atoms with van der Waals surface area (Å²) in [5.74, 6) is -2.74. The van der Waals surface area contributed by atoms with Crippen molar-refractivity contribution in [2.45, 2.75) is 35.7 Å². The molecule has 2 atom stereocenters. The molecule has 1 saturated heterocycles. The summed E-state index contributed by atoms with van der Waals surface area (Å²) in [5.41, 5.74) is 0.235. The van der Waals surface area contributed by atoms with Crippen LogP contribution in [0.4, 0.5) is 8.78 Å². The third-order valence-corrected chi connectivity index (χ3v) is 7.81. The molecule has 1 aromatic heterocycles. The Bertz CT molecular complexity index is 1590. The number of carbonyl (C=O) groups is 2. The molecule has 3 aromatic carbocycles. The molecule has 11 heteroatoms. The quantitative estimate of drug-likeness (QED) is 0.336. The molecule has 0 amide bonds. The lowest BCUT2D eigenvalue weighted by Crippen LogP contribution is -2.52. The topological polar surface area (TPSA) is 119 Å². The summed E-state index contributed by atoms with van der Waals surface area (Å²) < 4.78 is 57.9. The van der Waals surface area contributed by atoms with Gasteiger partial charge < -0.3 is 4.52 Å². The van der Waals surface area contributed by atoms with Crippen LogP contribution in [0.15, 0.2) is 82.2 Å². The van der Waals surface area contributed by atoms with E-state index in [1.54, 1.807) is 12.1 Å². The Morgan fingerprint density at radius 3 is 1.85 bits per heavy atom. The second-order valence-electron chi connectivity index (χ2n) is 9.38. The number of nitrogens with one attached hydrogen (secondary N) is 1. The average molecular weight is 552 g/mol. The van der Waals surface area contributed by atoms with Crippen LogP contribution >= 0.6 is 0 Å². The number of hydrogen-bond acceptors (Lipinski definition) is 8. The molecule has 4 aromatic rings. The fraction of sp³-hybridized carbons (Fsp3) is 0.214. The van der Waals surface area contributed by atoms with Gasteiger partial charge in [0.2, 0.25) is 11.7 Å². The number of Topliss-reactive ketones (excluding diaryl/α,β-unsaturated/α-hetero) is 2. The first-order valence-corrected chi connectivity index (χ1v) is 14.0. The minimum Gasteiger partial charge on any atom is -0.339 e. The first-order valence-electron chi connectivity index (χ1n) is 12.1. The molecule has 39 heavy (non-hydrogen) atoms. The summed E-state index contributed by atoms with van der Waals surface area (Å²) in [6.07, 6.45) is 1.36. The van der Waals surface area contributed by atoms with Crippen LogP contribution in [0.5, 0.6) is 0 Å². The van der Waals surface area contributed by atoms with Crippen LogP contribution in [0.3, 0.4) is 0 Å². The number of hydrogen-bond donors (Lipinski definition) is 1. The fourth-order valence-corrected chi connectivity index (χ4v) is 5.31. The molecule has 1 fully saturated rings. The van der Waals surface area contributed by atoms with Crippen LogP contribution in [-0.2, 0) is 9.84 Å². The zero-order valence-electron chi connectivity index (χ0n) is 20.7. The number of sulfone groups is 1. The van der Waals surface area contributed by atoms with E-state index in [0.717, 1.165) is 6.26 Å². The predicted octanol–water partition coefficient (Wildman–Crippen LogP) is 4.39. The predicted molar refractivity (Wildman–Crippen MR) is 137 cm³/mol. The molecular formula is C28H23F2N3O5S. The number of benzene rings is 3. The van der Waals surface area contributed by atoms with Crippen LogP contribution in [0.25, 0.3) is 11.4 Å². The maximum atomic E-state index is 14.4. The maximum absolute atomic E-state index is 14.4. The van der Waals surface area contributed by atoms with Gasteiger partial charge in [-0.05, 0) is 61.4 Å². The van der Waals surface area contributed by atoms with Gasteiger partial charge >= 0.3 is 0 Å². The van der Waals surface area contributed by atoms with Crippen molar-refractivity contribution < 1.29 is 31.3 Å². The average Bonchev–Trinajstić information content (AvgIpc) is 3.43. The SMILES string of the molecule is CS(=O)(=O)c1ccc(-c2noc(C3CC(C(=O)c4ccccc4F)NC(C(=O)c4ccccc4F)C3)n2)cc1. The minimum atomic E-state index is -3.38. The zero-order chi connectivity index (χ0) is 27.7.